The lowest BCUT2D eigenvalue weighted by Gasteiger charge is -1.94. The third-order valence-electron chi connectivity index (χ3n) is 2.12. The molecule has 14 heavy (non-hydrogen) atoms. The summed E-state index contributed by atoms with van der Waals surface area (Å²) in [5.41, 5.74) is 2.58. The van der Waals surface area contributed by atoms with Gasteiger partial charge in [-0.25, -0.2) is 0 Å². The SMILES string of the molecule is CC(C#N)c1cc2ncc(Cl)cc2[nH]1. The fraction of sp³-hybridized carbons (Fsp3) is 0.200. The Hall–Kier alpha value is -1.53. The molecule has 0 amide bonds. The lowest BCUT2D eigenvalue weighted by Crippen LogP contribution is -1.87. The van der Waals surface area contributed by atoms with Gasteiger partial charge in [0.15, 0.2) is 0 Å². The summed E-state index contributed by atoms with van der Waals surface area (Å²) in [6.45, 7) is 1.84. The van der Waals surface area contributed by atoms with Gasteiger partial charge in [-0.15, -0.1) is 0 Å². The maximum Gasteiger partial charge on any atom is 0.0883 e. The summed E-state index contributed by atoms with van der Waals surface area (Å²) in [6.07, 6.45) is 1.60. The Labute approximate surface area is 86.3 Å². The maximum absolute atomic E-state index is 8.75. The molecule has 0 aromatic carbocycles. The minimum atomic E-state index is -0.150. The van der Waals surface area contributed by atoms with Crippen LogP contribution < -0.4 is 0 Å². The zero-order valence-electron chi connectivity index (χ0n) is 7.58. The normalized spacial score (nSPS) is 12.6. The van der Waals surface area contributed by atoms with Gasteiger partial charge in [0, 0.05) is 11.9 Å². The Morgan fingerprint density at radius 3 is 3.07 bits per heavy atom. The number of aromatic nitrogens is 2. The summed E-state index contributed by atoms with van der Waals surface area (Å²) in [7, 11) is 0. The molecule has 3 nitrogen and oxygen atoms in total. The summed E-state index contributed by atoms with van der Waals surface area (Å²) in [4.78, 5) is 7.26. The zero-order chi connectivity index (χ0) is 10.1. The molecule has 0 bridgehead atoms. The quantitative estimate of drug-likeness (QED) is 0.778. The Balaban J connectivity index is 2.58. The minimum Gasteiger partial charge on any atom is -0.356 e. The zero-order valence-corrected chi connectivity index (χ0v) is 8.34. The molecule has 2 aromatic rings. The van der Waals surface area contributed by atoms with Gasteiger partial charge in [0.25, 0.3) is 0 Å². The highest BCUT2D eigenvalue weighted by molar-refractivity contribution is 6.31. The van der Waals surface area contributed by atoms with Crippen LogP contribution in [0.25, 0.3) is 11.0 Å². The van der Waals surface area contributed by atoms with E-state index in [1.165, 1.54) is 0 Å². The minimum absolute atomic E-state index is 0.150. The van der Waals surface area contributed by atoms with Crippen molar-refractivity contribution < 1.29 is 0 Å². The summed E-state index contributed by atoms with van der Waals surface area (Å²) >= 11 is 5.79. The van der Waals surface area contributed by atoms with Crippen molar-refractivity contribution >= 4 is 22.6 Å². The standard InChI is InChI=1S/C10H8ClN3/c1-6(4-12)8-3-9-10(14-8)2-7(11)5-13-9/h2-3,5-6,14H,1H3. The highest BCUT2D eigenvalue weighted by Gasteiger charge is 2.08. The van der Waals surface area contributed by atoms with E-state index in [-0.39, 0.29) is 5.92 Å². The third-order valence-corrected chi connectivity index (χ3v) is 2.32. The average molecular weight is 206 g/mol. The van der Waals surface area contributed by atoms with E-state index < -0.39 is 0 Å². The van der Waals surface area contributed by atoms with Crippen LogP contribution in [0.3, 0.4) is 0 Å². The summed E-state index contributed by atoms with van der Waals surface area (Å²) in [5.74, 6) is -0.150. The van der Waals surface area contributed by atoms with Gasteiger partial charge in [0.1, 0.15) is 0 Å². The Morgan fingerprint density at radius 2 is 2.36 bits per heavy atom. The molecule has 0 aliphatic carbocycles. The molecular weight excluding hydrogens is 198 g/mol. The lowest BCUT2D eigenvalue weighted by atomic mass is 10.1. The summed E-state index contributed by atoms with van der Waals surface area (Å²) in [6, 6.07) is 5.84. The fourth-order valence-electron chi connectivity index (χ4n) is 1.31. The second-order valence-electron chi connectivity index (χ2n) is 3.16. The van der Waals surface area contributed by atoms with Crippen LogP contribution in [0, 0.1) is 11.3 Å². The van der Waals surface area contributed by atoms with E-state index in [0.29, 0.717) is 5.02 Å². The average Bonchev–Trinajstić information content (AvgIpc) is 2.59. The fourth-order valence-corrected chi connectivity index (χ4v) is 1.46. The number of nitriles is 1. The highest BCUT2D eigenvalue weighted by atomic mass is 35.5. The van der Waals surface area contributed by atoms with Gasteiger partial charge < -0.3 is 4.98 Å². The van der Waals surface area contributed by atoms with E-state index in [9.17, 15) is 0 Å². The molecule has 2 heterocycles. The number of H-pyrrole nitrogens is 1. The van der Waals surface area contributed by atoms with Gasteiger partial charge in [-0.3, -0.25) is 4.98 Å². The van der Waals surface area contributed by atoms with E-state index in [1.54, 1.807) is 12.3 Å². The van der Waals surface area contributed by atoms with Gasteiger partial charge in [-0.05, 0) is 19.1 Å². The van der Waals surface area contributed by atoms with Crippen LogP contribution >= 0.6 is 11.6 Å². The first-order chi connectivity index (χ1) is 6.70. The molecule has 0 aliphatic rings. The van der Waals surface area contributed by atoms with E-state index in [1.807, 2.05) is 13.0 Å². The third kappa shape index (κ3) is 1.45. The first-order valence-electron chi connectivity index (χ1n) is 4.24. The maximum atomic E-state index is 8.75. The monoisotopic (exact) mass is 205 g/mol. The Kier molecular flexibility index (Phi) is 2.14. The first-order valence-corrected chi connectivity index (χ1v) is 4.62. The number of nitrogens with zero attached hydrogens (tertiary/aromatic N) is 2. The Bertz CT molecular complexity index is 510. The van der Waals surface area contributed by atoms with Crippen molar-refractivity contribution in [2.75, 3.05) is 0 Å². The van der Waals surface area contributed by atoms with E-state index >= 15 is 0 Å². The molecule has 2 aromatic heterocycles. The molecule has 4 heteroatoms. The molecule has 0 radical (unpaired) electrons. The van der Waals surface area contributed by atoms with Crippen LogP contribution in [0.4, 0.5) is 0 Å². The predicted octanol–water partition coefficient (Wildman–Crippen LogP) is 2.84. The van der Waals surface area contributed by atoms with Gasteiger partial charge >= 0.3 is 0 Å². The van der Waals surface area contributed by atoms with Gasteiger partial charge in [-0.1, -0.05) is 11.6 Å². The number of fused-ring (bicyclic) bond motifs is 1. The summed E-state index contributed by atoms with van der Waals surface area (Å²) in [5, 5.41) is 9.34. The van der Waals surface area contributed by atoms with E-state index in [4.69, 9.17) is 16.9 Å². The number of nitrogens with one attached hydrogen (secondary N) is 1. The van der Waals surface area contributed by atoms with Crippen molar-refractivity contribution in [2.24, 2.45) is 0 Å². The molecule has 0 spiro atoms. The number of rotatable bonds is 1. The molecule has 1 unspecified atom stereocenters. The highest BCUT2D eigenvalue weighted by Crippen LogP contribution is 2.21. The molecule has 0 saturated carbocycles. The van der Waals surface area contributed by atoms with Crippen LogP contribution in [-0.4, -0.2) is 9.97 Å². The van der Waals surface area contributed by atoms with Gasteiger partial charge in [0.2, 0.25) is 0 Å². The number of hydrogen-bond donors (Lipinski definition) is 1. The molecule has 0 aliphatic heterocycles. The van der Waals surface area contributed by atoms with Crippen molar-refractivity contribution in [3.63, 3.8) is 0 Å². The van der Waals surface area contributed by atoms with Gasteiger partial charge in [-0.2, -0.15) is 5.26 Å². The second-order valence-corrected chi connectivity index (χ2v) is 3.60. The van der Waals surface area contributed by atoms with Crippen LogP contribution in [0.1, 0.15) is 18.5 Å². The largest absolute Gasteiger partial charge is 0.356 e. The van der Waals surface area contributed by atoms with Crippen molar-refractivity contribution in [3.05, 3.63) is 29.0 Å². The van der Waals surface area contributed by atoms with Gasteiger partial charge in [0.05, 0.1) is 28.0 Å². The number of aromatic amines is 1. The van der Waals surface area contributed by atoms with Crippen molar-refractivity contribution in [3.8, 4) is 6.07 Å². The number of pyridine rings is 1. The van der Waals surface area contributed by atoms with Crippen LogP contribution in [0.5, 0.6) is 0 Å². The van der Waals surface area contributed by atoms with Crippen molar-refractivity contribution in [1.29, 1.82) is 5.26 Å². The smallest absolute Gasteiger partial charge is 0.0883 e. The molecular formula is C10H8ClN3. The topological polar surface area (TPSA) is 52.5 Å². The molecule has 0 fully saturated rings. The predicted molar refractivity (Wildman–Crippen MR) is 55.1 cm³/mol. The second kappa shape index (κ2) is 3.32. The first kappa shape index (κ1) is 9.04. The number of halogens is 1. The van der Waals surface area contributed by atoms with Crippen LogP contribution in [0.15, 0.2) is 18.3 Å². The molecule has 2 rings (SSSR count). The number of hydrogen-bond acceptors (Lipinski definition) is 2. The Morgan fingerprint density at radius 1 is 1.57 bits per heavy atom. The molecule has 1 atom stereocenters. The summed E-state index contributed by atoms with van der Waals surface area (Å²) < 4.78 is 0. The molecule has 0 saturated heterocycles. The molecule has 70 valence electrons. The van der Waals surface area contributed by atoms with Crippen molar-refractivity contribution in [1.82, 2.24) is 9.97 Å². The molecule has 1 N–H and O–H groups in total. The van der Waals surface area contributed by atoms with Crippen LogP contribution in [0.2, 0.25) is 5.02 Å². The van der Waals surface area contributed by atoms with Crippen molar-refractivity contribution in [2.45, 2.75) is 12.8 Å². The van der Waals surface area contributed by atoms with Crippen LogP contribution in [-0.2, 0) is 0 Å². The van der Waals surface area contributed by atoms with E-state index in [0.717, 1.165) is 16.7 Å². The van der Waals surface area contributed by atoms with E-state index in [2.05, 4.69) is 16.0 Å². The lowest BCUT2D eigenvalue weighted by molar-refractivity contribution is 0.941.